The maximum Gasteiger partial charge on any atom is 0.389 e. The average Bonchev–Trinajstić information content (AvgIpc) is 2.42. The van der Waals surface area contributed by atoms with Crippen molar-refractivity contribution in [3.05, 3.63) is 0 Å². The molecular formula is C12H19F3N2O3. The first kappa shape index (κ1) is 16.7. The summed E-state index contributed by atoms with van der Waals surface area (Å²) in [6.45, 7) is 3.45. The van der Waals surface area contributed by atoms with Gasteiger partial charge in [0.05, 0.1) is 19.6 Å². The van der Waals surface area contributed by atoms with Crippen LogP contribution in [0, 0.1) is 0 Å². The van der Waals surface area contributed by atoms with Crippen molar-refractivity contribution in [3.8, 4) is 0 Å². The zero-order chi connectivity index (χ0) is 15.2. The van der Waals surface area contributed by atoms with Gasteiger partial charge in [0.1, 0.15) is 6.04 Å². The van der Waals surface area contributed by atoms with Crippen LogP contribution in [0.3, 0.4) is 0 Å². The minimum absolute atomic E-state index is 0.267. The van der Waals surface area contributed by atoms with Gasteiger partial charge in [0, 0.05) is 19.5 Å². The number of nitrogens with one attached hydrogen (secondary N) is 1. The van der Waals surface area contributed by atoms with Crippen molar-refractivity contribution in [3.63, 3.8) is 0 Å². The summed E-state index contributed by atoms with van der Waals surface area (Å²) in [4.78, 5) is 25.1. The summed E-state index contributed by atoms with van der Waals surface area (Å²) in [5.74, 6) is -1.02. The van der Waals surface area contributed by atoms with E-state index < -0.39 is 31.0 Å². The smallest absolute Gasteiger partial charge is 0.378 e. The molecule has 1 N–H and O–H groups in total. The molecule has 0 bridgehead atoms. The quantitative estimate of drug-likeness (QED) is 0.826. The van der Waals surface area contributed by atoms with Gasteiger partial charge in [0.25, 0.3) is 0 Å². The first-order chi connectivity index (χ1) is 9.33. The fraction of sp³-hybridized carbons (Fsp3) is 0.833. The number of halogens is 3. The summed E-state index contributed by atoms with van der Waals surface area (Å²) in [5.41, 5.74) is 0. The van der Waals surface area contributed by atoms with Crippen LogP contribution in [0.5, 0.6) is 0 Å². The van der Waals surface area contributed by atoms with E-state index in [-0.39, 0.29) is 5.91 Å². The van der Waals surface area contributed by atoms with E-state index in [0.29, 0.717) is 32.7 Å². The fourth-order valence-corrected chi connectivity index (χ4v) is 1.86. The zero-order valence-electron chi connectivity index (χ0n) is 11.3. The number of nitrogens with zero attached hydrogens (tertiary/aromatic N) is 1. The van der Waals surface area contributed by atoms with Gasteiger partial charge in [-0.1, -0.05) is 6.92 Å². The van der Waals surface area contributed by atoms with Gasteiger partial charge in [-0.3, -0.25) is 9.59 Å². The van der Waals surface area contributed by atoms with Crippen LogP contribution in [-0.2, 0) is 14.3 Å². The van der Waals surface area contributed by atoms with Crippen LogP contribution in [-0.4, -0.2) is 55.2 Å². The molecular weight excluding hydrogens is 277 g/mol. The van der Waals surface area contributed by atoms with Crippen molar-refractivity contribution in [2.24, 2.45) is 0 Å². The monoisotopic (exact) mass is 296 g/mol. The molecule has 5 nitrogen and oxygen atoms in total. The van der Waals surface area contributed by atoms with E-state index in [1.165, 1.54) is 0 Å². The average molecular weight is 296 g/mol. The van der Waals surface area contributed by atoms with Gasteiger partial charge >= 0.3 is 6.18 Å². The molecule has 1 rings (SSSR count). The molecule has 0 aromatic rings. The van der Waals surface area contributed by atoms with E-state index in [0.717, 1.165) is 0 Å². The molecule has 1 saturated heterocycles. The molecule has 20 heavy (non-hydrogen) atoms. The predicted octanol–water partition coefficient (Wildman–Crippen LogP) is 1.08. The molecule has 1 aliphatic rings. The Morgan fingerprint density at radius 1 is 1.30 bits per heavy atom. The van der Waals surface area contributed by atoms with E-state index in [4.69, 9.17) is 4.74 Å². The molecule has 2 amide bonds. The number of ether oxygens (including phenoxy) is 1. The lowest BCUT2D eigenvalue weighted by molar-refractivity contribution is -0.146. The van der Waals surface area contributed by atoms with Crippen molar-refractivity contribution in [2.75, 3.05) is 26.3 Å². The van der Waals surface area contributed by atoms with Crippen LogP contribution in [0.2, 0.25) is 0 Å². The lowest BCUT2D eigenvalue weighted by Gasteiger charge is -2.30. The van der Waals surface area contributed by atoms with E-state index in [2.05, 4.69) is 5.32 Å². The van der Waals surface area contributed by atoms with Gasteiger partial charge in [-0.05, 0) is 6.42 Å². The number of hydrogen-bond donors (Lipinski definition) is 1. The second-order valence-corrected chi connectivity index (χ2v) is 4.58. The molecule has 0 saturated carbocycles. The minimum Gasteiger partial charge on any atom is -0.378 e. The highest BCUT2D eigenvalue weighted by atomic mass is 19.4. The van der Waals surface area contributed by atoms with Crippen LogP contribution < -0.4 is 5.32 Å². The van der Waals surface area contributed by atoms with Crippen LogP contribution in [0.4, 0.5) is 13.2 Å². The van der Waals surface area contributed by atoms with E-state index >= 15 is 0 Å². The van der Waals surface area contributed by atoms with Crippen LogP contribution >= 0.6 is 0 Å². The maximum atomic E-state index is 12.1. The Morgan fingerprint density at radius 3 is 2.40 bits per heavy atom. The molecule has 0 aromatic carbocycles. The van der Waals surface area contributed by atoms with Crippen molar-refractivity contribution >= 4 is 11.8 Å². The molecule has 1 fully saturated rings. The lowest BCUT2D eigenvalue weighted by atomic mass is 10.1. The van der Waals surface area contributed by atoms with Gasteiger partial charge < -0.3 is 15.0 Å². The van der Waals surface area contributed by atoms with Gasteiger partial charge in [-0.25, -0.2) is 0 Å². The first-order valence-electron chi connectivity index (χ1n) is 6.56. The topological polar surface area (TPSA) is 58.6 Å². The summed E-state index contributed by atoms with van der Waals surface area (Å²) in [6, 6.07) is -0.770. The van der Waals surface area contributed by atoms with Gasteiger partial charge in [0.15, 0.2) is 0 Å². The highest BCUT2D eigenvalue weighted by Crippen LogP contribution is 2.21. The van der Waals surface area contributed by atoms with E-state index in [9.17, 15) is 22.8 Å². The number of rotatable bonds is 5. The predicted molar refractivity (Wildman–Crippen MR) is 64.9 cm³/mol. The third-order valence-corrected chi connectivity index (χ3v) is 3.00. The molecule has 0 radical (unpaired) electrons. The number of morpholine rings is 1. The summed E-state index contributed by atoms with van der Waals surface area (Å²) < 4.78 is 41.2. The molecule has 1 aliphatic heterocycles. The number of hydrogen-bond acceptors (Lipinski definition) is 3. The second kappa shape index (κ2) is 7.47. The largest absolute Gasteiger partial charge is 0.389 e. The number of carbonyl (C=O) groups excluding carboxylic acids is 2. The molecule has 8 heteroatoms. The van der Waals surface area contributed by atoms with Crippen molar-refractivity contribution in [1.29, 1.82) is 0 Å². The van der Waals surface area contributed by atoms with Gasteiger partial charge in [-0.2, -0.15) is 13.2 Å². The van der Waals surface area contributed by atoms with Crippen molar-refractivity contribution < 1.29 is 27.5 Å². The summed E-state index contributed by atoms with van der Waals surface area (Å²) >= 11 is 0. The Kier molecular flexibility index (Phi) is 6.25. The third kappa shape index (κ3) is 5.77. The molecule has 1 heterocycles. The van der Waals surface area contributed by atoms with Gasteiger partial charge in [-0.15, -0.1) is 0 Å². The Morgan fingerprint density at radius 2 is 1.90 bits per heavy atom. The molecule has 1 unspecified atom stereocenters. The normalized spacial score (nSPS) is 17.7. The van der Waals surface area contributed by atoms with Crippen LogP contribution in [0.1, 0.15) is 26.2 Å². The Labute approximate surface area is 115 Å². The summed E-state index contributed by atoms with van der Waals surface area (Å²) in [6.07, 6.45) is -5.86. The van der Waals surface area contributed by atoms with Gasteiger partial charge in [0.2, 0.25) is 11.8 Å². The van der Waals surface area contributed by atoms with Crippen LogP contribution in [0.15, 0.2) is 0 Å². The standard InChI is InChI=1S/C12H19F3N2O3/c1-2-9(11(19)17-5-7-20-8-6-17)16-10(18)3-4-12(13,14)15/h9H,2-8H2,1H3,(H,16,18). The molecule has 0 spiro atoms. The SMILES string of the molecule is CCC(NC(=O)CCC(F)(F)F)C(=O)N1CCOCC1. The summed E-state index contributed by atoms with van der Waals surface area (Å²) in [5, 5.41) is 2.37. The Bertz CT molecular complexity index is 341. The molecule has 1 atom stereocenters. The molecule has 116 valence electrons. The fourth-order valence-electron chi connectivity index (χ4n) is 1.86. The Balaban J connectivity index is 2.45. The number of amides is 2. The van der Waals surface area contributed by atoms with E-state index in [1.54, 1.807) is 11.8 Å². The zero-order valence-corrected chi connectivity index (χ0v) is 11.3. The van der Waals surface area contributed by atoms with Crippen LogP contribution in [0.25, 0.3) is 0 Å². The highest BCUT2D eigenvalue weighted by molar-refractivity contribution is 5.87. The number of alkyl halides is 3. The van der Waals surface area contributed by atoms with Crippen molar-refractivity contribution in [2.45, 2.75) is 38.4 Å². The molecule has 0 aromatic heterocycles. The number of carbonyl (C=O) groups is 2. The lowest BCUT2D eigenvalue weighted by Crippen LogP contribution is -2.51. The Hall–Kier alpha value is -1.31. The second-order valence-electron chi connectivity index (χ2n) is 4.58. The third-order valence-electron chi connectivity index (χ3n) is 3.00. The summed E-state index contributed by atoms with van der Waals surface area (Å²) in [7, 11) is 0. The first-order valence-corrected chi connectivity index (χ1v) is 6.56. The highest BCUT2D eigenvalue weighted by Gasteiger charge is 2.30. The van der Waals surface area contributed by atoms with E-state index in [1.807, 2.05) is 0 Å². The maximum absolute atomic E-state index is 12.1. The molecule has 0 aliphatic carbocycles. The minimum atomic E-state index is -4.37. The van der Waals surface area contributed by atoms with Crippen molar-refractivity contribution in [1.82, 2.24) is 10.2 Å².